The highest BCUT2D eigenvalue weighted by atomic mass is 32.1. The highest BCUT2D eigenvalue weighted by Gasteiger charge is 2.34. The van der Waals surface area contributed by atoms with Gasteiger partial charge in [0.05, 0.1) is 0 Å². The molecule has 2 heterocycles. The zero-order chi connectivity index (χ0) is 29.4. The summed E-state index contributed by atoms with van der Waals surface area (Å²) in [5.41, 5.74) is 4.47. The predicted octanol–water partition coefficient (Wildman–Crippen LogP) is 10.2. The third-order valence-electron chi connectivity index (χ3n) is 9.53. The Balaban J connectivity index is 1.47. The van der Waals surface area contributed by atoms with E-state index in [0.717, 1.165) is 80.7 Å². The Bertz CT molecular complexity index is 1730. The van der Waals surface area contributed by atoms with Crippen LogP contribution >= 0.6 is 48.9 Å². The third-order valence-corrected chi connectivity index (χ3v) is 11.2. The fourth-order valence-electron chi connectivity index (χ4n) is 7.36. The molecule has 6 heteroatoms. The van der Waals surface area contributed by atoms with E-state index in [1.807, 2.05) is 0 Å². The van der Waals surface area contributed by atoms with Crippen molar-refractivity contribution in [2.24, 2.45) is 0 Å². The van der Waals surface area contributed by atoms with Crippen LogP contribution in [0.4, 0.5) is 0 Å². The van der Waals surface area contributed by atoms with E-state index in [0.29, 0.717) is 0 Å². The lowest BCUT2D eigenvalue weighted by Gasteiger charge is -2.38. The van der Waals surface area contributed by atoms with E-state index in [2.05, 4.69) is 86.0 Å². The quantitative estimate of drug-likeness (QED) is 0.0958. The van der Waals surface area contributed by atoms with Gasteiger partial charge in [0.1, 0.15) is 20.0 Å². The Hall–Kier alpha value is -2.64. The molecule has 212 valence electrons. The van der Waals surface area contributed by atoms with Crippen LogP contribution in [0.3, 0.4) is 0 Å². The second-order valence-corrected chi connectivity index (χ2v) is 13.6. The van der Waals surface area contributed by atoms with E-state index >= 15 is 0 Å². The second-order valence-electron chi connectivity index (χ2n) is 12.1. The van der Waals surface area contributed by atoms with E-state index in [-0.39, 0.29) is 12.1 Å². The molecule has 0 saturated carbocycles. The predicted molar refractivity (Wildman–Crippen MR) is 196 cm³/mol. The number of hydrogen-bond acceptors (Lipinski definition) is 4. The third kappa shape index (κ3) is 3.84. The minimum atomic E-state index is 0.272. The van der Waals surface area contributed by atoms with Gasteiger partial charge >= 0.3 is 0 Å². The zero-order valence-corrected chi connectivity index (χ0v) is 27.8. The van der Waals surface area contributed by atoms with Crippen molar-refractivity contribution in [2.75, 3.05) is 0 Å². The van der Waals surface area contributed by atoms with Gasteiger partial charge in [0, 0.05) is 45.1 Å². The summed E-state index contributed by atoms with van der Waals surface area (Å²) >= 11 is 24.6. The molecule has 5 aromatic rings. The minimum Gasteiger partial charge on any atom is -0.320 e. The molecule has 2 atom stereocenters. The van der Waals surface area contributed by atoms with E-state index < -0.39 is 0 Å². The highest BCUT2D eigenvalue weighted by molar-refractivity contribution is 7.83. The van der Waals surface area contributed by atoms with Crippen LogP contribution in [0, 0.1) is 0 Å². The summed E-state index contributed by atoms with van der Waals surface area (Å²) < 4.78 is 0. The molecule has 0 spiro atoms. The molecule has 0 N–H and O–H groups in total. The van der Waals surface area contributed by atoms with Crippen LogP contribution in [-0.2, 0) is 0 Å². The molecule has 0 unspecified atom stereocenters. The Kier molecular flexibility index (Phi) is 7.05. The molecular weight excluding hydrogens is 589 g/mol. The van der Waals surface area contributed by atoms with Crippen LogP contribution < -0.4 is 0 Å². The lowest BCUT2D eigenvalue weighted by atomic mass is 9.82. The van der Waals surface area contributed by atoms with Gasteiger partial charge in [-0.05, 0) is 59.0 Å². The van der Waals surface area contributed by atoms with Gasteiger partial charge in [0.15, 0.2) is 0 Å². The highest BCUT2D eigenvalue weighted by Crippen LogP contribution is 2.47. The summed E-state index contributed by atoms with van der Waals surface area (Å²) in [6, 6.07) is 18.5. The zero-order valence-electron chi connectivity index (χ0n) is 24.5. The maximum Gasteiger partial charge on any atom is 0.115 e. The first-order chi connectivity index (χ1) is 20.3. The first-order valence-electron chi connectivity index (χ1n) is 15.3. The summed E-state index contributed by atoms with van der Waals surface area (Å²) in [6.45, 7) is 8.96. The molecule has 0 saturated heterocycles. The van der Waals surface area contributed by atoms with Crippen LogP contribution in [0.1, 0.15) is 88.5 Å². The van der Waals surface area contributed by atoms with Crippen molar-refractivity contribution < 1.29 is 0 Å². The van der Waals surface area contributed by atoms with E-state index in [4.69, 9.17) is 48.9 Å². The van der Waals surface area contributed by atoms with Crippen molar-refractivity contribution in [3.63, 3.8) is 0 Å². The molecule has 0 radical (unpaired) electrons. The number of thiocarbonyl (C=S) groups is 4. The van der Waals surface area contributed by atoms with Gasteiger partial charge in [-0.15, -0.1) is 0 Å². The minimum absolute atomic E-state index is 0.272. The first-order valence-corrected chi connectivity index (χ1v) is 16.9. The summed E-state index contributed by atoms with van der Waals surface area (Å²) in [7, 11) is 0. The Labute approximate surface area is 269 Å². The Morgan fingerprint density at radius 3 is 1.02 bits per heavy atom. The van der Waals surface area contributed by atoms with E-state index in [1.165, 1.54) is 43.1 Å². The number of rotatable bonds is 8. The second kappa shape index (κ2) is 10.5. The summed E-state index contributed by atoms with van der Waals surface area (Å²) in [5.74, 6) is 0. The number of nitrogens with zero attached hydrogens (tertiary/aromatic N) is 2. The maximum absolute atomic E-state index is 6.15. The summed E-state index contributed by atoms with van der Waals surface area (Å²) in [5, 5.41) is 9.82. The fourth-order valence-corrected chi connectivity index (χ4v) is 9.24. The van der Waals surface area contributed by atoms with Crippen molar-refractivity contribution in [3.05, 3.63) is 70.8 Å². The van der Waals surface area contributed by atoms with E-state index in [1.54, 1.807) is 0 Å². The monoisotopic (exact) mass is 622 g/mol. The Morgan fingerprint density at radius 1 is 0.476 bits per heavy atom. The Morgan fingerprint density at radius 2 is 0.762 bits per heavy atom. The molecule has 0 aliphatic carbocycles. The molecular formula is C36H34N2S4. The van der Waals surface area contributed by atoms with Crippen molar-refractivity contribution >= 4 is 112 Å². The van der Waals surface area contributed by atoms with Crippen molar-refractivity contribution in [1.29, 1.82) is 0 Å². The van der Waals surface area contributed by atoms with Crippen LogP contribution in [0.2, 0.25) is 0 Å². The van der Waals surface area contributed by atoms with Gasteiger partial charge in [-0.3, -0.25) is 0 Å². The molecule has 0 bridgehead atoms. The SMILES string of the molecule is CCCC[C@H](C)N1C(=S)c2ccc3c4ccc5c6c(ccc(c7ccc(c2c37)C1=S)c64)C(=S)N([C@@H](C)CCCC)C5=S. The van der Waals surface area contributed by atoms with Gasteiger partial charge < -0.3 is 9.80 Å². The molecule has 2 nitrogen and oxygen atoms in total. The largest absolute Gasteiger partial charge is 0.320 e. The molecule has 5 aromatic carbocycles. The normalized spacial score (nSPS) is 16.6. The molecule has 42 heavy (non-hydrogen) atoms. The number of fused-ring (bicyclic) bond motifs is 2. The number of unbranched alkanes of at least 4 members (excludes halogenated alkanes) is 2. The van der Waals surface area contributed by atoms with Crippen LogP contribution in [0.15, 0.2) is 48.5 Å². The molecule has 0 aromatic heterocycles. The molecule has 7 rings (SSSR count). The topological polar surface area (TPSA) is 6.48 Å². The average molecular weight is 623 g/mol. The van der Waals surface area contributed by atoms with Gasteiger partial charge in [-0.2, -0.15) is 0 Å². The standard InChI is InChI=1S/C36H34N2S4/c1-5-7-9-19(3)37-33(39)25-15-11-21-23-13-17-27-32-28(36(42)38(35(27)41)20(4)10-8-6-2)18-14-24(30(23)32)22-12-16-26(34(37)40)31(25)29(21)22/h11-20H,5-10H2,1-4H3/t19-,20-/m0/s1. The van der Waals surface area contributed by atoms with Crippen LogP contribution in [0.25, 0.3) is 43.1 Å². The van der Waals surface area contributed by atoms with Crippen LogP contribution in [-0.4, -0.2) is 41.8 Å². The van der Waals surface area contributed by atoms with Gasteiger partial charge in [0.25, 0.3) is 0 Å². The van der Waals surface area contributed by atoms with Crippen molar-refractivity contribution in [1.82, 2.24) is 9.80 Å². The first kappa shape index (κ1) is 28.1. The van der Waals surface area contributed by atoms with Gasteiger partial charge in [-0.1, -0.05) is 137 Å². The van der Waals surface area contributed by atoms with Crippen LogP contribution in [0.5, 0.6) is 0 Å². The van der Waals surface area contributed by atoms with Gasteiger partial charge in [-0.25, -0.2) is 0 Å². The van der Waals surface area contributed by atoms with Crippen molar-refractivity contribution in [2.45, 2.75) is 78.3 Å². The van der Waals surface area contributed by atoms with Crippen molar-refractivity contribution in [3.8, 4) is 0 Å². The molecule has 2 aliphatic rings. The fraction of sp³-hybridized carbons (Fsp3) is 0.333. The maximum atomic E-state index is 6.15. The van der Waals surface area contributed by atoms with Gasteiger partial charge in [0.2, 0.25) is 0 Å². The smallest absolute Gasteiger partial charge is 0.115 e. The van der Waals surface area contributed by atoms with E-state index in [9.17, 15) is 0 Å². The molecule has 2 aliphatic heterocycles. The number of hydrogen-bond donors (Lipinski definition) is 0. The molecule has 0 amide bonds. The average Bonchev–Trinajstić information content (AvgIpc) is 2.99. The summed E-state index contributed by atoms with van der Waals surface area (Å²) in [6.07, 6.45) is 6.80. The summed E-state index contributed by atoms with van der Waals surface area (Å²) in [4.78, 5) is 7.84. The molecule has 0 fully saturated rings. The lowest BCUT2D eigenvalue weighted by molar-refractivity contribution is 0.434. The number of benzene rings is 5. The lowest BCUT2D eigenvalue weighted by Crippen LogP contribution is -2.45.